The smallest absolute Gasteiger partial charge is 0.226 e. The van der Waals surface area contributed by atoms with Gasteiger partial charge in [-0.3, -0.25) is 4.79 Å². The summed E-state index contributed by atoms with van der Waals surface area (Å²) in [5.74, 6) is 0.723. The second-order valence-electron chi connectivity index (χ2n) is 5.10. The summed E-state index contributed by atoms with van der Waals surface area (Å²) in [5.41, 5.74) is 0.560. The average molecular weight is 264 g/mol. The van der Waals surface area contributed by atoms with E-state index in [0.29, 0.717) is 6.42 Å². The van der Waals surface area contributed by atoms with Gasteiger partial charge < -0.3 is 9.73 Å². The predicted octanol–water partition coefficient (Wildman–Crippen LogP) is 2.86. The number of nitrogens with one attached hydrogen (secondary N) is 1. The van der Waals surface area contributed by atoms with E-state index < -0.39 is 0 Å². The van der Waals surface area contributed by atoms with Crippen molar-refractivity contribution in [3.05, 3.63) is 29.5 Å². The quantitative estimate of drug-likeness (QED) is 0.927. The van der Waals surface area contributed by atoms with Crippen LogP contribution in [0, 0.1) is 0 Å². The molecule has 1 amide bonds. The number of nitrogens with zero attached hydrogens (tertiary/aromatic N) is 1. The summed E-state index contributed by atoms with van der Waals surface area (Å²) in [5, 5.41) is 5.61. The van der Waals surface area contributed by atoms with Crippen molar-refractivity contribution in [3.8, 4) is 10.8 Å². The molecule has 0 fully saturated rings. The van der Waals surface area contributed by atoms with E-state index in [1.54, 1.807) is 6.26 Å². The first-order valence-corrected chi connectivity index (χ1v) is 6.61. The molecule has 96 valence electrons. The molecule has 2 aromatic rings. The normalized spacial score (nSPS) is 11.5. The van der Waals surface area contributed by atoms with E-state index >= 15 is 0 Å². The van der Waals surface area contributed by atoms with Crippen molar-refractivity contribution in [3.63, 3.8) is 0 Å². The summed E-state index contributed by atoms with van der Waals surface area (Å²) >= 11 is 1.48. The van der Waals surface area contributed by atoms with Crippen LogP contribution in [-0.2, 0) is 11.2 Å². The third kappa shape index (κ3) is 3.43. The summed E-state index contributed by atoms with van der Waals surface area (Å²) in [7, 11) is 0. The molecule has 1 N–H and O–H groups in total. The number of hydrogen-bond donors (Lipinski definition) is 1. The second-order valence-corrected chi connectivity index (χ2v) is 5.95. The van der Waals surface area contributed by atoms with Crippen molar-refractivity contribution in [1.29, 1.82) is 0 Å². The zero-order valence-electron chi connectivity index (χ0n) is 10.7. The first-order valence-electron chi connectivity index (χ1n) is 5.73. The minimum absolute atomic E-state index is 0.0150. The number of furan rings is 1. The first kappa shape index (κ1) is 12.8. The van der Waals surface area contributed by atoms with Crippen LogP contribution < -0.4 is 5.32 Å². The van der Waals surface area contributed by atoms with Crippen molar-refractivity contribution >= 4 is 17.2 Å². The van der Waals surface area contributed by atoms with Gasteiger partial charge in [-0.05, 0) is 32.9 Å². The largest absolute Gasteiger partial charge is 0.462 e. The minimum Gasteiger partial charge on any atom is -0.462 e. The highest BCUT2D eigenvalue weighted by Crippen LogP contribution is 2.24. The highest BCUT2D eigenvalue weighted by molar-refractivity contribution is 7.13. The lowest BCUT2D eigenvalue weighted by atomic mass is 10.1. The number of amides is 1. The maximum absolute atomic E-state index is 11.8. The monoisotopic (exact) mass is 264 g/mol. The molecule has 2 rings (SSSR count). The van der Waals surface area contributed by atoms with Crippen LogP contribution in [-0.4, -0.2) is 16.4 Å². The Bertz CT molecular complexity index is 523. The Kier molecular flexibility index (Phi) is 3.52. The number of hydrogen-bond acceptors (Lipinski definition) is 4. The van der Waals surface area contributed by atoms with E-state index in [9.17, 15) is 4.79 Å². The van der Waals surface area contributed by atoms with Gasteiger partial charge in [0.15, 0.2) is 10.8 Å². The summed E-state index contributed by atoms with van der Waals surface area (Å²) in [6, 6.07) is 3.68. The molecule has 0 aliphatic rings. The maximum Gasteiger partial charge on any atom is 0.226 e. The molecule has 0 atom stereocenters. The van der Waals surface area contributed by atoms with Crippen LogP contribution in [0.25, 0.3) is 10.8 Å². The van der Waals surface area contributed by atoms with Crippen molar-refractivity contribution in [2.24, 2.45) is 0 Å². The fourth-order valence-electron chi connectivity index (χ4n) is 1.53. The molecule has 0 aliphatic heterocycles. The van der Waals surface area contributed by atoms with Crippen LogP contribution in [0.3, 0.4) is 0 Å². The molecule has 0 radical (unpaired) electrons. The lowest BCUT2D eigenvalue weighted by Crippen LogP contribution is -2.41. The van der Waals surface area contributed by atoms with Gasteiger partial charge in [0.05, 0.1) is 18.4 Å². The van der Waals surface area contributed by atoms with Crippen LogP contribution in [0.15, 0.2) is 28.2 Å². The van der Waals surface area contributed by atoms with Gasteiger partial charge in [-0.15, -0.1) is 11.3 Å². The van der Waals surface area contributed by atoms with Crippen molar-refractivity contribution < 1.29 is 9.21 Å². The van der Waals surface area contributed by atoms with E-state index in [1.807, 2.05) is 38.3 Å². The van der Waals surface area contributed by atoms with E-state index in [4.69, 9.17) is 4.42 Å². The minimum atomic E-state index is -0.211. The van der Waals surface area contributed by atoms with Gasteiger partial charge in [-0.25, -0.2) is 4.98 Å². The average Bonchev–Trinajstić information content (AvgIpc) is 2.82. The Hall–Kier alpha value is -1.62. The number of aromatic nitrogens is 1. The number of carbonyl (C=O) groups excluding carboxylic acids is 1. The second kappa shape index (κ2) is 4.94. The van der Waals surface area contributed by atoms with E-state index in [2.05, 4.69) is 10.3 Å². The fourth-order valence-corrected chi connectivity index (χ4v) is 2.31. The molecule has 0 unspecified atom stereocenters. The van der Waals surface area contributed by atoms with Gasteiger partial charge in [-0.2, -0.15) is 0 Å². The molecule has 2 aromatic heterocycles. The molecular formula is C13H16N2O2S. The van der Waals surface area contributed by atoms with Gasteiger partial charge in [0.1, 0.15) is 0 Å². The van der Waals surface area contributed by atoms with E-state index in [1.165, 1.54) is 11.3 Å². The molecule has 0 saturated heterocycles. The SMILES string of the molecule is CC(C)(C)NC(=O)Cc1csc(-c2ccco2)n1. The Balaban J connectivity index is 2.01. The van der Waals surface area contributed by atoms with Crippen molar-refractivity contribution in [1.82, 2.24) is 10.3 Å². The van der Waals surface area contributed by atoms with Gasteiger partial charge >= 0.3 is 0 Å². The number of thiazole rings is 1. The Morgan fingerprint density at radius 1 is 1.50 bits per heavy atom. The zero-order chi connectivity index (χ0) is 13.2. The fraction of sp³-hybridized carbons (Fsp3) is 0.385. The predicted molar refractivity (Wildman–Crippen MR) is 71.4 cm³/mol. The molecule has 0 saturated carbocycles. The molecule has 5 heteroatoms. The third-order valence-electron chi connectivity index (χ3n) is 2.14. The number of carbonyl (C=O) groups is 1. The lowest BCUT2D eigenvalue weighted by molar-refractivity contribution is -0.121. The highest BCUT2D eigenvalue weighted by atomic mass is 32.1. The molecule has 0 aromatic carbocycles. The maximum atomic E-state index is 11.8. The zero-order valence-corrected chi connectivity index (χ0v) is 11.5. The summed E-state index contributed by atoms with van der Waals surface area (Å²) in [6.45, 7) is 5.88. The van der Waals surface area contributed by atoms with Gasteiger partial charge in [-0.1, -0.05) is 0 Å². The van der Waals surface area contributed by atoms with E-state index in [0.717, 1.165) is 16.5 Å². The standard InChI is InChI=1S/C13H16N2O2S/c1-13(2,3)15-11(16)7-9-8-18-12(14-9)10-5-4-6-17-10/h4-6,8H,7H2,1-3H3,(H,15,16). The third-order valence-corrected chi connectivity index (χ3v) is 3.05. The van der Waals surface area contributed by atoms with Gasteiger partial charge in [0, 0.05) is 10.9 Å². The van der Waals surface area contributed by atoms with Crippen LogP contribution in [0.5, 0.6) is 0 Å². The summed E-state index contributed by atoms with van der Waals surface area (Å²) in [6.07, 6.45) is 1.91. The topological polar surface area (TPSA) is 55.1 Å². The molecule has 4 nitrogen and oxygen atoms in total. The Labute approximate surface area is 110 Å². The highest BCUT2D eigenvalue weighted by Gasteiger charge is 2.15. The Morgan fingerprint density at radius 2 is 2.28 bits per heavy atom. The van der Waals surface area contributed by atoms with Gasteiger partial charge in [0.25, 0.3) is 0 Å². The van der Waals surface area contributed by atoms with Crippen molar-refractivity contribution in [2.75, 3.05) is 0 Å². The molecule has 18 heavy (non-hydrogen) atoms. The number of rotatable bonds is 3. The molecule has 2 heterocycles. The first-order chi connectivity index (χ1) is 8.44. The van der Waals surface area contributed by atoms with Crippen molar-refractivity contribution in [2.45, 2.75) is 32.7 Å². The van der Waals surface area contributed by atoms with E-state index in [-0.39, 0.29) is 11.4 Å². The molecular weight excluding hydrogens is 248 g/mol. The Morgan fingerprint density at radius 3 is 2.89 bits per heavy atom. The van der Waals surface area contributed by atoms with Gasteiger partial charge in [0.2, 0.25) is 5.91 Å². The molecule has 0 bridgehead atoms. The molecule has 0 spiro atoms. The summed E-state index contributed by atoms with van der Waals surface area (Å²) < 4.78 is 5.27. The van der Waals surface area contributed by atoms with Crippen LogP contribution in [0.2, 0.25) is 0 Å². The van der Waals surface area contributed by atoms with Crippen LogP contribution >= 0.6 is 11.3 Å². The summed E-state index contributed by atoms with van der Waals surface area (Å²) in [4.78, 5) is 16.1. The lowest BCUT2D eigenvalue weighted by Gasteiger charge is -2.19. The van der Waals surface area contributed by atoms with Crippen LogP contribution in [0.4, 0.5) is 0 Å². The van der Waals surface area contributed by atoms with Crippen LogP contribution in [0.1, 0.15) is 26.5 Å². The molecule has 0 aliphatic carbocycles.